The van der Waals surface area contributed by atoms with E-state index >= 15 is 0 Å². The maximum absolute atomic E-state index is 12.1. The molecule has 108 valence electrons. The Kier molecular flexibility index (Phi) is 4.75. The average molecular weight is 348 g/mol. The SMILES string of the molecule is Cc1cc(C(=O)Nc2ccc(CC(=O)O)cc2)ccc1Br. The summed E-state index contributed by atoms with van der Waals surface area (Å²) < 4.78 is 0.956. The Balaban J connectivity index is 2.08. The number of halogens is 1. The summed E-state index contributed by atoms with van der Waals surface area (Å²) in [4.78, 5) is 22.7. The summed E-state index contributed by atoms with van der Waals surface area (Å²) in [5, 5.41) is 11.5. The van der Waals surface area contributed by atoms with Crippen molar-refractivity contribution in [3.63, 3.8) is 0 Å². The van der Waals surface area contributed by atoms with Crippen LogP contribution in [0.15, 0.2) is 46.9 Å². The van der Waals surface area contributed by atoms with Gasteiger partial charge >= 0.3 is 5.97 Å². The van der Waals surface area contributed by atoms with Crippen LogP contribution in [0.5, 0.6) is 0 Å². The lowest BCUT2D eigenvalue weighted by Gasteiger charge is -2.07. The van der Waals surface area contributed by atoms with E-state index in [0.717, 1.165) is 10.0 Å². The van der Waals surface area contributed by atoms with Crippen LogP contribution < -0.4 is 5.32 Å². The van der Waals surface area contributed by atoms with E-state index in [1.807, 2.05) is 13.0 Å². The minimum absolute atomic E-state index is 0.0276. The monoisotopic (exact) mass is 347 g/mol. The Bertz CT molecular complexity index is 680. The van der Waals surface area contributed by atoms with Crippen LogP contribution in [-0.2, 0) is 11.2 Å². The fourth-order valence-electron chi connectivity index (χ4n) is 1.87. The van der Waals surface area contributed by atoms with Gasteiger partial charge in [0.15, 0.2) is 0 Å². The van der Waals surface area contributed by atoms with E-state index in [9.17, 15) is 9.59 Å². The number of carboxylic acids is 1. The molecule has 0 bridgehead atoms. The Hall–Kier alpha value is -2.14. The summed E-state index contributed by atoms with van der Waals surface area (Å²) in [5.41, 5.74) is 2.89. The number of benzene rings is 2. The number of amides is 1. The molecule has 0 aliphatic rings. The molecule has 0 aromatic heterocycles. The van der Waals surface area contributed by atoms with Gasteiger partial charge in [0.05, 0.1) is 6.42 Å². The van der Waals surface area contributed by atoms with Crippen molar-refractivity contribution in [1.29, 1.82) is 0 Å². The van der Waals surface area contributed by atoms with Gasteiger partial charge in [-0.15, -0.1) is 0 Å². The van der Waals surface area contributed by atoms with E-state index in [4.69, 9.17) is 5.11 Å². The zero-order chi connectivity index (χ0) is 15.4. The topological polar surface area (TPSA) is 66.4 Å². The lowest BCUT2D eigenvalue weighted by Crippen LogP contribution is -2.12. The highest BCUT2D eigenvalue weighted by Crippen LogP contribution is 2.18. The molecule has 2 rings (SSSR count). The molecule has 0 fully saturated rings. The first-order valence-corrected chi connectivity index (χ1v) is 7.13. The summed E-state index contributed by atoms with van der Waals surface area (Å²) in [7, 11) is 0. The fourth-order valence-corrected chi connectivity index (χ4v) is 2.12. The number of rotatable bonds is 4. The van der Waals surface area contributed by atoms with Crippen LogP contribution in [0.4, 0.5) is 5.69 Å². The number of carboxylic acid groups (broad SMARTS) is 1. The summed E-state index contributed by atoms with van der Waals surface area (Å²) in [6.07, 6.45) is -0.0276. The van der Waals surface area contributed by atoms with E-state index in [0.29, 0.717) is 16.8 Å². The second kappa shape index (κ2) is 6.54. The minimum Gasteiger partial charge on any atom is -0.481 e. The zero-order valence-corrected chi connectivity index (χ0v) is 13.0. The van der Waals surface area contributed by atoms with Gasteiger partial charge < -0.3 is 10.4 Å². The van der Waals surface area contributed by atoms with Crippen LogP contribution in [0.1, 0.15) is 21.5 Å². The second-order valence-electron chi connectivity index (χ2n) is 4.69. The number of carbonyl (C=O) groups is 2. The molecule has 2 aromatic rings. The minimum atomic E-state index is -0.878. The van der Waals surface area contributed by atoms with Crippen LogP contribution in [0.3, 0.4) is 0 Å². The predicted molar refractivity (Wildman–Crippen MR) is 84.6 cm³/mol. The third-order valence-corrected chi connectivity index (χ3v) is 3.88. The van der Waals surface area contributed by atoms with Gasteiger partial charge in [0.2, 0.25) is 0 Å². The van der Waals surface area contributed by atoms with Crippen molar-refractivity contribution >= 4 is 33.5 Å². The molecule has 0 aliphatic heterocycles. The number of aryl methyl sites for hydroxylation is 1. The molecule has 21 heavy (non-hydrogen) atoms. The van der Waals surface area contributed by atoms with E-state index in [1.165, 1.54) is 0 Å². The molecule has 0 radical (unpaired) electrons. The molecule has 4 nitrogen and oxygen atoms in total. The van der Waals surface area contributed by atoms with Crippen molar-refractivity contribution in [2.75, 3.05) is 5.32 Å². The fraction of sp³-hybridized carbons (Fsp3) is 0.125. The van der Waals surface area contributed by atoms with Crippen LogP contribution in [0.25, 0.3) is 0 Å². The Morgan fingerprint density at radius 2 is 1.81 bits per heavy atom. The first kappa shape index (κ1) is 15.3. The maximum atomic E-state index is 12.1. The first-order valence-electron chi connectivity index (χ1n) is 6.34. The van der Waals surface area contributed by atoms with Gasteiger partial charge in [-0.25, -0.2) is 0 Å². The third-order valence-electron chi connectivity index (χ3n) is 2.99. The standard InChI is InChI=1S/C16H14BrNO3/c1-10-8-12(4-7-14(10)17)16(21)18-13-5-2-11(3-6-13)9-15(19)20/h2-8H,9H2,1H3,(H,18,21)(H,19,20). The van der Waals surface area contributed by atoms with E-state index in [2.05, 4.69) is 21.2 Å². The molecular formula is C16H14BrNO3. The molecule has 0 saturated heterocycles. The molecule has 0 unspecified atom stereocenters. The molecule has 0 spiro atoms. The smallest absolute Gasteiger partial charge is 0.307 e. The number of hydrogen-bond donors (Lipinski definition) is 2. The van der Waals surface area contributed by atoms with Crippen molar-refractivity contribution in [1.82, 2.24) is 0 Å². The molecular weight excluding hydrogens is 334 g/mol. The maximum Gasteiger partial charge on any atom is 0.307 e. The molecule has 0 saturated carbocycles. The number of nitrogens with one attached hydrogen (secondary N) is 1. The van der Waals surface area contributed by atoms with Crippen LogP contribution in [0, 0.1) is 6.92 Å². The molecule has 5 heteroatoms. The molecule has 1 amide bonds. The summed E-state index contributed by atoms with van der Waals surface area (Å²) in [6.45, 7) is 1.92. The highest BCUT2D eigenvalue weighted by atomic mass is 79.9. The highest BCUT2D eigenvalue weighted by molar-refractivity contribution is 9.10. The Labute approximate surface area is 130 Å². The van der Waals surface area contributed by atoms with Crippen LogP contribution in [0.2, 0.25) is 0 Å². The number of hydrogen-bond acceptors (Lipinski definition) is 2. The molecule has 2 N–H and O–H groups in total. The second-order valence-corrected chi connectivity index (χ2v) is 5.54. The normalized spacial score (nSPS) is 10.2. The lowest BCUT2D eigenvalue weighted by molar-refractivity contribution is -0.136. The number of carbonyl (C=O) groups excluding carboxylic acids is 1. The van der Waals surface area contributed by atoms with Crippen molar-refractivity contribution in [3.8, 4) is 0 Å². The lowest BCUT2D eigenvalue weighted by atomic mass is 10.1. The highest BCUT2D eigenvalue weighted by Gasteiger charge is 2.08. The average Bonchev–Trinajstić information content (AvgIpc) is 2.43. The van der Waals surface area contributed by atoms with Gasteiger partial charge in [-0.3, -0.25) is 9.59 Å². The zero-order valence-electron chi connectivity index (χ0n) is 11.4. The van der Waals surface area contributed by atoms with Crippen molar-refractivity contribution < 1.29 is 14.7 Å². The largest absolute Gasteiger partial charge is 0.481 e. The van der Waals surface area contributed by atoms with Crippen molar-refractivity contribution in [3.05, 3.63) is 63.6 Å². The quantitative estimate of drug-likeness (QED) is 0.887. The van der Waals surface area contributed by atoms with Crippen LogP contribution in [-0.4, -0.2) is 17.0 Å². The Morgan fingerprint density at radius 3 is 2.38 bits per heavy atom. The molecule has 0 heterocycles. The summed E-state index contributed by atoms with van der Waals surface area (Å²) >= 11 is 3.39. The van der Waals surface area contributed by atoms with Gasteiger partial charge in [-0.1, -0.05) is 28.1 Å². The van der Waals surface area contributed by atoms with Gasteiger partial charge in [-0.05, 0) is 48.4 Å². The first-order chi connectivity index (χ1) is 9.95. The van der Waals surface area contributed by atoms with E-state index in [1.54, 1.807) is 36.4 Å². The van der Waals surface area contributed by atoms with Gasteiger partial charge in [0, 0.05) is 15.7 Å². The predicted octanol–water partition coefficient (Wildman–Crippen LogP) is 3.64. The van der Waals surface area contributed by atoms with Crippen molar-refractivity contribution in [2.24, 2.45) is 0 Å². The third kappa shape index (κ3) is 4.16. The summed E-state index contributed by atoms with van der Waals surface area (Å²) in [5.74, 6) is -1.08. The van der Waals surface area contributed by atoms with E-state index in [-0.39, 0.29) is 12.3 Å². The van der Waals surface area contributed by atoms with Crippen LogP contribution >= 0.6 is 15.9 Å². The summed E-state index contributed by atoms with van der Waals surface area (Å²) in [6, 6.07) is 12.2. The van der Waals surface area contributed by atoms with Gasteiger partial charge in [0.1, 0.15) is 0 Å². The van der Waals surface area contributed by atoms with Gasteiger partial charge in [-0.2, -0.15) is 0 Å². The molecule has 2 aromatic carbocycles. The molecule has 0 atom stereocenters. The Morgan fingerprint density at radius 1 is 1.14 bits per heavy atom. The molecule has 0 aliphatic carbocycles. The number of anilines is 1. The van der Waals surface area contributed by atoms with E-state index < -0.39 is 5.97 Å². The van der Waals surface area contributed by atoms with Crippen molar-refractivity contribution in [2.45, 2.75) is 13.3 Å². The number of aliphatic carboxylic acids is 1. The van der Waals surface area contributed by atoms with Gasteiger partial charge in [0.25, 0.3) is 5.91 Å².